The van der Waals surface area contributed by atoms with E-state index in [0.29, 0.717) is 36.4 Å². The molecular weight excluding hydrogens is 761 g/mol. The molecule has 302 valence electrons. The van der Waals surface area contributed by atoms with Crippen LogP contribution in [-0.2, 0) is 18.5 Å². The summed E-state index contributed by atoms with van der Waals surface area (Å²) in [5.74, 6) is 3.40. The average molecular weight is 807 g/mol. The molecule has 0 atom stereocenters. The molecule has 0 aromatic heterocycles. The maximum atomic E-state index is 6.93. The zero-order chi connectivity index (χ0) is 42.5. The lowest BCUT2D eigenvalue weighted by molar-refractivity contribution is 0.418. The smallest absolute Gasteiger partial charge is 0.157 e. The second kappa shape index (κ2) is 17.4. The van der Waals surface area contributed by atoms with E-state index in [1.165, 1.54) is 0 Å². The number of amidine groups is 4. The molecule has 0 saturated carbocycles. The number of ether oxygens (including phenoxy) is 1. The Morgan fingerprint density at radius 2 is 1.02 bits per heavy atom. The van der Waals surface area contributed by atoms with Crippen molar-refractivity contribution in [3.05, 3.63) is 239 Å². The number of para-hydroxylation sites is 1. The van der Waals surface area contributed by atoms with Crippen LogP contribution >= 0.6 is 0 Å². The van der Waals surface area contributed by atoms with Gasteiger partial charge >= 0.3 is 0 Å². The van der Waals surface area contributed by atoms with Gasteiger partial charge in [0.15, 0.2) is 11.7 Å². The molecule has 62 heavy (non-hydrogen) atoms. The van der Waals surface area contributed by atoms with Gasteiger partial charge in [-0.15, -0.1) is 0 Å². The van der Waals surface area contributed by atoms with Crippen molar-refractivity contribution in [2.24, 2.45) is 31.4 Å². The molecule has 1 heterocycles. The predicted molar refractivity (Wildman–Crippen MR) is 256 cm³/mol. The van der Waals surface area contributed by atoms with Crippen LogP contribution in [0.25, 0.3) is 21.9 Å². The molecule has 1 aliphatic rings. The van der Waals surface area contributed by atoms with Crippen LogP contribution in [0.4, 0.5) is 0 Å². The summed E-state index contributed by atoms with van der Waals surface area (Å²) in [5.41, 5.74) is 23.1. The van der Waals surface area contributed by atoms with Crippen molar-refractivity contribution in [3.63, 3.8) is 0 Å². The molecule has 8 aromatic rings. The highest BCUT2D eigenvalue weighted by Gasteiger charge is 2.34. The van der Waals surface area contributed by atoms with E-state index in [9.17, 15) is 0 Å². The Kier molecular flexibility index (Phi) is 11.1. The van der Waals surface area contributed by atoms with Gasteiger partial charge in [0.05, 0.1) is 13.1 Å². The summed E-state index contributed by atoms with van der Waals surface area (Å²) in [6, 6.07) is 65.3. The third kappa shape index (κ3) is 8.42. The van der Waals surface area contributed by atoms with Crippen molar-refractivity contribution in [2.45, 2.75) is 32.4 Å². The lowest BCUT2D eigenvalue weighted by Crippen LogP contribution is -2.25. The van der Waals surface area contributed by atoms with E-state index in [0.717, 1.165) is 77.9 Å². The van der Waals surface area contributed by atoms with Crippen LogP contribution in [-0.4, -0.2) is 23.3 Å². The summed E-state index contributed by atoms with van der Waals surface area (Å²) in [7, 11) is 0. The van der Waals surface area contributed by atoms with E-state index in [2.05, 4.69) is 98.8 Å². The lowest BCUT2D eigenvalue weighted by Gasteiger charge is -2.34. The van der Waals surface area contributed by atoms with Gasteiger partial charge in [-0.3, -0.25) is 9.98 Å². The van der Waals surface area contributed by atoms with Crippen LogP contribution in [0, 0.1) is 0 Å². The first kappa shape index (κ1) is 39.6. The Hall–Kier alpha value is -7.90. The number of nitrogens with zero attached hydrogens (tertiary/aromatic N) is 4. The first-order valence-corrected chi connectivity index (χ1v) is 20.8. The molecule has 0 fully saturated rings. The van der Waals surface area contributed by atoms with Crippen LogP contribution in [0.1, 0.15) is 58.4 Å². The Balaban J connectivity index is 1.11. The van der Waals surface area contributed by atoms with E-state index in [1.54, 1.807) is 0 Å². The highest BCUT2D eigenvalue weighted by molar-refractivity contribution is 6.14. The van der Waals surface area contributed by atoms with Gasteiger partial charge in [0.2, 0.25) is 0 Å². The molecule has 7 nitrogen and oxygen atoms in total. The summed E-state index contributed by atoms with van der Waals surface area (Å²) in [4.78, 5) is 20.0. The van der Waals surface area contributed by atoms with Gasteiger partial charge in [0.1, 0.15) is 23.2 Å². The minimum absolute atomic E-state index is 0.244. The standard InChI is InChI=1S/C55H46N6O/c1-55(2)47-27-14-15-28-49(47)62-50-34-43(29-30-48(50)55)52(57)61-54(59-36-38-19-8-4-9-20-38)44-32-40-23-12-13-26-45(40)46(33-44)41-24-16-25-42(31-41)51(56)60-53(39-21-10-5-11-22-39)58-35-37-17-6-3-7-18-37/h3-34H,35-36H2,1-2H3,(H2,56,58,60)(H2,57,59,61). The fourth-order valence-corrected chi connectivity index (χ4v) is 7.97. The molecular formula is C55H46N6O. The molecule has 0 amide bonds. The van der Waals surface area contributed by atoms with Crippen molar-refractivity contribution in [1.82, 2.24) is 0 Å². The molecule has 7 heteroatoms. The molecule has 1 aliphatic heterocycles. The number of benzene rings is 8. The van der Waals surface area contributed by atoms with Gasteiger partial charge in [-0.2, -0.15) is 0 Å². The molecule has 0 aliphatic carbocycles. The summed E-state index contributed by atoms with van der Waals surface area (Å²) in [6.07, 6.45) is 0. The van der Waals surface area contributed by atoms with E-state index in [-0.39, 0.29) is 5.41 Å². The molecule has 0 radical (unpaired) electrons. The Morgan fingerprint density at radius 1 is 0.468 bits per heavy atom. The largest absolute Gasteiger partial charge is 0.457 e. The van der Waals surface area contributed by atoms with Gasteiger partial charge in [-0.1, -0.05) is 178 Å². The van der Waals surface area contributed by atoms with E-state index >= 15 is 0 Å². The molecule has 0 bridgehead atoms. The molecule has 0 spiro atoms. The fraction of sp³-hybridized carbons (Fsp3) is 0.0909. The third-order valence-corrected chi connectivity index (χ3v) is 11.3. The number of rotatable bonds is 9. The first-order chi connectivity index (χ1) is 30.3. The predicted octanol–water partition coefficient (Wildman–Crippen LogP) is 11.6. The van der Waals surface area contributed by atoms with Crippen LogP contribution in [0.15, 0.2) is 214 Å². The van der Waals surface area contributed by atoms with Gasteiger partial charge in [0, 0.05) is 38.8 Å². The zero-order valence-corrected chi connectivity index (χ0v) is 34.7. The van der Waals surface area contributed by atoms with Crippen LogP contribution in [0.2, 0.25) is 0 Å². The summed E-state index contributed by atoms with van der Waals surface area (Å²) in [5, 5.41) is 2.11. The van der Waals surface area contributed by atoms with Crippen molar-refractivity contribution in [2.75, 3.05) is 0 Å². The molecule has 0 saturated heterocycles. The highest BCUT2D eigenvalue weighted by atomic mass is 16.5. The van der Waals surface area contributed by atoms with E-state index < -0.39 is 0 Å². The fourth-order valence-electron chi connectivity index (χ4n) is 7.97. The van der Waals surface area contributed by atoms with E-state index in [4.69, 9.17) is 36.2 Å². The lowest BCUT2D eigenvalue weighted by atomic mass is 9.75. The molecule has 0 unspecified atom stereocenters. The van der Waals surface area contributed by atoms with Crippen molar-refractivity contribution < 1.29 is 4.74 Å². The number of aliphatic imine (C=N–C) groups is 4. The van der Waals surface area contributed by atoms with Crippen molar-refractivity contribution in [3.8, 4) is 22.6 Å². The quantitative estimate of drug-likeness (QED) is 0.112. The van der Waals surface area contributed by atoms with Gasteiger partial charge < -0.3 is 16.2 Å². The number of hydrogen-bond donors (Lipinski definition) is 2. The normalized spacial score (nSPS) is 13.9. The monoisotopic (exact) mass is 806 g/mol. The minimum Gasteiger partial charge on any atom is -0.457 e. The van der Waals surface area contributed by atoms with Crippen molar-refractivity contribution >= 4 is 34.1 Å². The first-order valence-electron chi connectivity index (χ1n) is 20.8. The average Bonchev–Trinajstić information content (AvgIpc) is 3.32. The number of fused-ring (bicyclic) bond motifs is 3. The number of hydrogen-bond acceptors (Lipinski definition) is 3. The summed E-state index contributed by atoms with van der Waals surface area (Å²) in [6.45, 7) is 5.34. The van der Waals surface area contributed by atoms with Gasteiger partial charge in [-0.05, 0) is 63.4 Å². The maximum absolute atomic E-state index is 6.93. The molecule has 4 N–H and O–H groups in total. The maximum Gasteiger partial charge on any atom is 0.157 e. The van der Waals surface area contributed by atoms with Crippen LogP contribution < -0.4 is 16.2 Å². The molecule has 9 rings (SSSR count). The summed E-state index contributed by atoms with van der Waals surface area (Å²) >= 11 is 0. The second-order valence-electron chi connectivity index (χ2n) is 15.9. The highest BCUT2D eigenvalue weighted by Crippen LogP contribution is 2.47. The zero-order valence-electron chi connectivity index (χ0n) is 34.7. The second-order valence-corrected chi connectivity index (χ2v) is 15.9. The number of nitrogens with two attached hydrogens (primary N) is 2. The van der Waals surface area contributed by atoms with Crippen LogP contribution in [0.3, 0.4) is 0 Å². The van der Waals surface area contributed by atoms with E-state index in [1.807, 2.05) is 109 Å². The SMILES string of the molecule is CC1(C)c2ccccc2Oc2cc(C(N)=NC(=NCc3ccccc3)c3cc(-c4cccc(C(N)=NC(=NCc5ccccc5)c5ccccc5)c4)c4ccccc4c3)ccc21. The van der Waals surface area contributed by atoms with Crippen molar-refractivity contribution in [1.29, 1.82) is 0 Å². The Labute approximate surface area is 362 Å². The third-order valence-electron chi connectivity index (χ3n) is 11.3. The van der Waals surface area contributed by atoms with Gasteiger partial charge in [-0.25, -0.2) is 9.98 Å². The minimum atomic E-state index is -0.244. The molecule has 8 aromatic carbocycles. The topological polar surface area (TPSA) is 111 Å². The van der Waals surface area contributed by atoms with Crippen LogP contribution in [0.5, 0.6) is 11.5 Å². The van der Waals surface area contributed by atoms with Gasteiger partial charge in [0.25, 0.3) is 0 Å². The Morgan fingerprint density at radius 3 is 1.71 bits per heavy atom. The Bertz CT molecular complexity index is 3020. The summed E-state index contributed by atoms with van der Waals surface area (Å²) < 4.78 is 6.45.